The molecule has 1 N–H and O–H groups in total. The topological polar surface area (TPSA) is 77.0 Å². The number of hydrogen-bond acceptors (Lipinski definition) is 6. The average molecular weight is 417 g/mol. The van der Waals surface area contributed by atoms with Crippen LogP contribution in [0.4, 0.5) is 5.13 Å². The van der Waals surface area contributed by atoms with Crippen molar-refractivity contribution in [2.45, 2.75) is 13.8 Å². The van der Waals surface area contributed by atoms with Crippen molar-refractivity contribution in [2.24, 2.45) is 0 Å². The summed E-state index contributed by atoms with van der Waals surface area (Å²) in [5, 5.41) is 5.29. The van der Waals surface area contributed by atoms with E-state index in [9.17, 15) is 4.79 Å². The van der Waals surface area contributed by atoms with Crippen LogP contribution >= 0.6 is 11.3 Å². The molecule has 7 heteroatoms. The molecule has 6 nitrogen and oxygen atoms in total. The van der Waals surface area contributed by atoms with Gasteiger partial charge in [0.2, 0.25) is 0 Å². The molecule has 3 heterocycles. The van der Waals surface area contributed by atoms with Gasteiger partial charge in [-0.1, -0.05) is 12.1 Å². The normalized spacial score (nSPS) is 10.6. The summed E-state index contributed by atoms with van der Waals surface area (Å²) in [4.78, 5) is 26.5. The summed E-state index contributed by atoms with van der Waals surface area (Å²) in [6, 6.07) is 15.0. The Hall–Kier alpha value is -3.58. The molecule has 0 saturated carbocycles. The molecule has 0 aliphatic rings. The van der Waals surface area contributed by atoms with Crippen LogP contribution in [0.15, 0.2) is 60.1 Å². The van der Waals surface area contributed by atoms with Gasteiger partial charge < -0.3 is 4.74 Å². The van der Waals surface area contributed by atoms with Crippen LogP contribution in [0.5, 0.6) is 5.75 Å². The SMILES string of the molecule is COc1cccc(-c2ncccc2C(=O)Nc2nc(-c3cc(C)cc(C)n3)cs2)c1. The molecule has 1 aromatic carbocycles. The standard InChI is InChI=1S/C23H20N4O2S/c1-14-10-15(2)25-19(11-14)20-13-30-23(26-20)27-22(28)18-8-5-9-24-21(18)16-6-4-7-17(12-16)29-3/h4-13H,1-3H3,(H,26,27,28). The van der Waals surface area contributed by atoms with E-state index in [1.165, 1.54) is 11.3 Å². The molecule has 4 aromatic rings. The van der Waals surface area contributed by atoms with Gasteiger partial charge in [0.05, 0.1) is 24.1 Å². The molecule has 0 fully saturated rings. The van der Waals surface area contributed by atoms with Crippen LogP contribution in [0.25, 0.3) is 22.6 Å². The number of nitrogens with one attached hydrogen (secondary N) is 1. The highest BCUT2D eigenvalue weighted by atomic mass is 32.1. The van der Waals surface area contributed by atoms with Crippen LogP contribution in [-0.2, 0) is 0 Å². The molecule has 0 aliphatic carbocycles. The first-order valence-corrected chi connectivity index (χ1v) is 10.2. The minimum absolute atomic E-state index is 0.268. The Morgan fingerprint density at radius 3 is 2.70 bits per heavy atom. The fourth-order valence-corrected chi connectivity index (χ4v) is 3.87. The van der Waals surface area contributed by atoms with Crippen molar-refractivity contribution in [1.82, 2.24) is 15.0 Å². The second-order valence-corrected chi connectivity index (χ2v) is 7.65. The Bertz CT molecular complexity index is 1200. The molecule has 0 radical (unpaired) electrons. The first-order chi connectivity index (χ1) is 14.5. The van der Waals surface area contributed by atoms with Crippen molar-refractivity contribution in [3.05, 3.63) is 76.9 Å². The molecule has 0 unspecified atom stereocenters. The zero-order valence-electron chi connectivity index (χ0n) is 16.8. The number of carbonyl (C=O) groups is 1. The molecular weight excluding hydrogens is 396 g/mol. The lowest BCUT2D eigenvalue weighted by atomic mass is 10.1. The lowest BCUT2D eigenvalue weighted by Gasteiger charge is -2.09. The fraction of sp³-hybridized carbons (Fsp3) is 0.130. The maximum Gasteiger partial charge on any atom is 0.259 e. The lowest BCUT2D eigenvalue weighted by molar-refractivity contribution is 0.102. The summed E-state index contributed by atoms with van der Waals surface area (Å²) in [6.45, 7) is 3.98. The number of amides is 1. The van der Waals surface area contributed by atoms with Crippen LogP contribution in [0, 0.1) is 13.8 Å². The van der Waals surface area contributed by atoms with E-state index in [4.69, 9.17) is 4.74 Å². The van der Waals surface area contributed by atoms with Gasteiger partial charge in [0.1, 0.15) is 11.4 Å². The van der Waals surface area contributed by atoms with Gasteiger partial charge in [-0.25, -0.2) is 4.98 Å². The number of pyridine rings is 2. The molecule has 0 spiro atoms. The molecular formula is C23H20N4O2S. The van der Waals surface area contributed by atoms with E-state index in [2.05, 4.69) is 20.3 Å². The van der Waals surface area contributed by atoms with E-state index in [0.29, 0.717) is 22.1 Å². The van der Waals surface area contributed by atoms with Crippen molar-refractivity contribution < 1.29 is 9.53 Å². The van der Waals surface area contributed by atoms with E-state index in [-0.39, 0.29) is 5.91 Å². The number of benzene rings is 1. The summed E-state index contributed by atoms with van der Waals surface area (Å²) in [5.74, 6) is 0.435. The van der Waals surface area contributed by atoms with E-state index in [0.717, 1.165) is 28.2 Å². The maximum absolute atomic E-state index is 13.0. The van der Waals surface area contributed by atoms with Crippen LogP contribution in [0.2, 0.25) is 0 Å². The van der Waals surface area contributed by atoms with Crippen LogP contribution in [0.1, 0.15) is 21.6 Å². The van der Waals surface area contributed by atoms with Gasteiger partial charge >= 0.3 is 0 Å². The fourth-order valence-electron chi connectivity index (χ4n) is 3.17. The largest absolute Gasteiger partial charge is 0.497 e. The third kappa shape index (κ3) is 4.21. The minimum Gasteiger partial charge on any atom is -0.497 e. The van der Waals surface area contributed by atoms with Gasteiger partial charge in [-0.3, -0.25) is 20.1 Å². The molecule has 0 aliphatic heterocycles. The predicted octanol–water partition coefficient (Wildman–Crippen LogP) is 5.14. The number of aromatic nitrogens is 3. The van der Waals surface area contributed by atoms with Crippen molar-refractivity contribution >= 4 is 22.4 Å². The number of thiazole rings is 1. The molecule has 150 valence electrons. The van der Waals surface area contributed by atoms with E-state index < -0.39 is 0 Å². The zero-order chi connectivity index (χ0) is 21.1. The first kappa shape index (κ1) is 19.7. The third-order valence-corrected chi connectivity index (χ3v) is 5.24. The average Bonchev–Trinajstić information content (AvgIpc) is 3.21. The number of hydrogen-bond donors (Lipinski definition) is 1. The summed E-state index contributed by atoms with van der Waals surface area (Å²) >= 11 is 1.36. The van der Waals surface area contributed by atoms with E-state index in [1.807, 2.05) is 55.6 Å². The van der Waals surface area contributed by atoms with Crippen LogP contribution < -0.4 is 10.1 Å². The second-order valence-electron chi connectivity index (χ2n) is 6.79. The van der Waals surface area contributed by atoms with E-state index in [1.54, 1.807) is 25.4 Å². The first-order valence-electron chi connectivity index (χ1n) is 9.35. The Morgan fingerprint density at radius 1 is 1.03 bits per heavy atom. The second kappa shape index (κ2) is 8.42. The lowest BCUT2D eigenvalue weighted by Crippen LogP contribution is -2.13. The number of anilines is 1. The van der Waals surface area contributed by atoms with Crippen LogP contribution in [0.3, 0.4) is 0 Å². The summed E-state index contributed by atoms with van der Waals surface area (Å²) in [6.07, 6.45) is 1.67. The maximum atomic E-state index is 13.0. The minimum atomic E-state index is -0.268. The smallest absolute Gasteiger partial charge is 0.259 e. The van der Waals surface area contributed by atoms with Crippen molar-refractivity contribution in [2.75, 3.05) is 12.4 Å². The number of methoxy groups -OCH3 is 1. The summed E-state index contributed by atoms with van der Waals surface area (Å²) in [7, 11) is 1.61. The Morgan fingerprint density at radius 2 is 1.90 bits per heavy atom. The highest BCUT2D eigenvalue weighted by molar-refractivity contribution is 7.14. The molecule has 30 heavy (non-hydrogen) atoms. The van der Waals surface area contributed by atoms with Gasteiger partial charge in [-0.2, -0.15) is 0 Å². The van der Waals surface area contributed by atoms with E-state index >= 15 is 0 Å². The van der Waals surface area contributed by atoms with Gasteiger partial charge in [0.25, 0.3) is 5.91 Å². The zero-order valence-corrected chi connectivity index (χ0v) is 17.7. The monoisotopic (exact) mass is 416 g/mol. The number of aryl methyl sites for hydroxylation is 2. The molecule has 0 saturated heterocycles. The number of carbonyl (C=O) groups excluding carboxylic acids is 1. The predicted molar refractivity (Wildman–Crippen MR) is 119 cm³/mol. The Balaban J connectivity index is 1.60. The van der Waals surface area contributed by atoms with Gasteiger partial charge in [0.15, 0.2) is 5.13 Å². The quantitative estimate of drug-likeness (QED) is 0.487. The molecule has 4 rings (SSSR count). The highest BCUT2D eigenvalue weighted by Crippen LogP contribution is 2.28. The van der Waals surface area contributed by atoms with Crippen molar-refractivity contribution in [3.8, 4) is 28.4 Å². The Kier molecular flexibility index (Phi) is 5.54. The van der Waals surface area contributed by atoms with Crippen LogP contribution in [-0.4, -0.2) is 28.0 Å². The summed E-state index contributed by atoms with van der Waals surface area (Å²) in [5.41, 5.74) is 5.44. The van der Waals surface area contributed by atoms with Crippen molar-refractivity contribution in [3.63, 3.8) is 0 Å². The van der Waals surface area contributed by atoms with Gasteiger partial charge in [-0.15, -0.1) is 11.3 Å². The third-order valence-electron chi connectivity index (χ3n) is 4.48. The van der Waals surface area contributed by atoms with Gasteiger partial charge in [-0.05, 0) is 55.8 Å². The molecule has 0 atom stereocenters. The summed E-state index contributed by atoms with van der Waals surface area (Å²) < 4.78 is 5.29. The molecule has 0 bridgehead atoms. The molecule has 1 amide bonds. The highest BCUT2D eigenvalue weighted by Gasteiger charge is 2.16. The van der Waals surface area contributed by atoms with Crippen molar-refractivity contribution in [1.29, 1.82) is 0 Å². The number of nitrogens with zero attached hydrogens (tertiary/aromatic N) is 3. The van der Waals surface area contributed by atoms with Gasteiger partial charge in [0, 0.05) is 22.8 Å². The Labute approximate surface area is 178 Å². The number of rotatable bonds is 5. The number of ether oxygens (including phenoxy) is 1. The molecule has 3 aromatic heterocycles.